The lowest BCUT2D eigenvalue weighted by atomic mass is 9.67. The summed E-state index contributed by atoms with van der Waals surface area (Å²) < 4.78 is 0. The number of piperidine rings is 1. The van der Waals surface area contributed by atoms with Crippen molar-refractivity contribution in [1.82, 2.24) is 5.32 Å². The highest BCUT2D eigenvalue weighted by Crippen LogP contribution is 2.62. The van der Waals surface area contributed by atoms with Crippen molar-refractivity contribution in [1.29, 1.82) is 0 Å². The van der Waals surface area contributed by atoms with Crippen LogP contribution < -0.4 is 5.32 Å². The number of fused-ring (bicyclic) bond motifs is 1. The second-order valence-electron chi connectivity index (χ2n) is 6.53. The van der Waals surface area contributed by atoms with Crippen molar-refractivity contribution in [2.45, 2.75) is 51.4 Å². The van der Waals surface area contributed by atoms with E-state index >= 15 is 0 Å². The van der Waals surface area contributed by atoms with Crippen LogP contribution in [0.25, 0.3) is 0 Å². The minimum Gasteiger partial charge on any atom is -0.481 e. The first-order valence-corrected chi connectivity index (χ1v) is 7.11. The summed E-state index contributed by atoms with van der Waals surface area (Å²) in [5.41, 5.74) is 0.00817. The van der Waals surface area contributed by atoms with E-state index in [1.54, 1.807) is 0 Å². The molecular formula is C14H23NO2. The van der Waals surface area contributed by atoms with Crippen molar-refractivity contribution >= 4 is 5.97 Å². The summed E-state index contributed by atoms with van der Waals surface area (Å²) in [4.78, 5) is 11.8. The van der Waals surface area contributed by atoms with Crippen LogP contribution in [-0.2, 0) is 4.79 Å². The number of hydrogen-bond acceptors (Lipinski definition) is 2. The SMILES string of the molecule is O=C(O)C12CCCCC1CC1(CCNCC1)C2. The molecule has 3 aliphatic rings. The molecule has 0 aromatic carbocycles. The van der Waals surface area contributed by atoms with E-state index in [0.717, 1.165) is 38.8 Å². The molecule has 3 nitrogen and oxygen atoms in total. The van der Waals surface area contributed by atoms with Gasteiger partial charge in [0.2, 0.25) is 0 Å². The molecule has 17 heavy (non-hydrogen) atoms. The molecule has 0 bridgehead atoms. The monoisotopic (exact) mass is 237 g/mol. The Kier molecular flexibility index (Phi) is 2.69. The topological polar surface area (TPSA) is 49.3 Å². The van der Waals surface area contributed by atoms with Crippen molar-refractivity contribution in [3.8, 4) is 0 Å². The van der Waals surface area contributed by atoms with E-state index in [2.05, 4.69) is 5.32 Å². The van der Waals surface area contributed by atoms with Crippen molar-refractivity contribution in [3.05, 3.63) is 0 Å². The predicted octanol–water partition coefficient (Wildman–Crippen LogP) is 2.41. The van der Waals surface area contributed by atoms with Gasteiger partial charge in [0.05, 0.1) is 5.41 Å². The summed E-state index contributed by atoms with van der Waals surface area (Å²) in [5, 5.41) is 13.1. The van der Waals surface area contributed by atoms with Gasteiger partial charge in [0.15, 0.2) is 0 Å². The van der Waals surface area contributed by atoms with E-state index in [1.807, 2.05) is 0 Å². The number of carbonyl (C=O) groups is 1. The molecule has 2 N–H and O–H groups in total. The molecule has 1 spiro atoms. The Morgan fingerprint density at radius 1 is 1.18 bits per heavy atom. The maximum Gasteiger partial charge on any atom is 0.309 e. The molecule has 2 unspecified atom stereocenters. The fourth-order valence-electron chi connectivity index (χ4n) is 4.80. The van der Waals surface area contributed by atoms with Gasteiger partial charge in [-0.1, -0.05) is 12.8 Å². The lowest BCUT2D eigenvalue weighted by Crippen LogP contribution is -2.39. The molecule has 96 valence electrons. The van der Waals surface area contributed by atoms with Gasteiger partial charge >= 0.3 is 5.97 Å². The zero-order valence-electron chi connectivity index (χ0n) is 10.5. The van der Waals surface area contributed by atoms with E-state index in [4.69, 9.17) is 0 Å². The van der Waals surface area contributed by atoms with Crippen LogP contribution in [0.2, 0.25) is 0 Å². The van der Waals surface area contributed by atoms with Gasteiger partial charge in [-0.25, -0.2) is 0 Å². The minimum absolute atomic E-state index is 0.352. The van der Waals surface area contributed by atoms with Crippen molar-refractivity contribution < 1.29 is 9.90 Å². The Hall–Kier alpha value is -0.570. The highest BCUT2D eigenvalue weighted by Gasteiger charge is 2.58. The minimum atomic E-state index is -0.502. The Balaban J connectivity index is 1.87. The molecule has 3 heteroatoms. The highest BCUT2D eigenvalue weighted by molar-refractivity contribution is 5.76. The standard InChI is InChI=1S/C14H23NO2/c16-12(17)14-4-2-1-3-11(14)9-13(10-14)5-7-15-8-6-13/h11,15H,1-10H2,(H,16,17). The molecule has 1 heterocycles. The Morgan fingerprint density at radius 2 is 1.94 bits per heavy atom. The van der Waals surface area contributed by atoms with Crippen LogP contribution in [0.15, 0.2) is 0 Å². The maximum atomic E-state index is 11.8. The molecule has 1 saturated heterocycles. The van der Waals surface area contributed by atoms with Crippen LogP contribution in [0.3, 0.4) is 0 Å². The Labute approximate surface area is 103 Å². The van der Waals surface area contributed by atoms with Crippen LogP contribution in [0.1, 0.15) is 51.4 Å². The first-order chi connectivity index (χ1) is 8.17. The van der Waals surface area contributed by atoms with Crippen molar-refractivity contribution in [2.24, 2.45) is 16.7 Å². The van der Waals surface area contributed by atoms with Crippen LogP contribution in [0.5, 0.6) is 0 Å². The average molecular weight is 237 g/mol. The molecule has 0 aromatic heterocycles. The van der Waals surface area contributed by atoms with Gasteiger partial charge in [0.1, 0.15) is 0 Å². The first-order valence-electron chi connectivity index (χ1n) is 7.11. The summed E-state index contributed by atoms with van der Waals surface area (Å²) >= 11 is 0. The van der Waals surface area contributed by atoms with Crippen LogP contribution in [-0.4, -0.2) is 24.2 Å². The molecule has 3 fully saturated rings. The third-order valence-electron chi connectivity index (χ3n) is 5.67. The van der Waals surface area contributed by atoms with E-state index in [0.29, 0.717) is 11.3 Å². The van der Waals surface area contributed by atoms with Gasteiger partial charge < -0.3 is 10.4 Å². The van der Waals surface area contributed by atoms with Gasteiger partial charge in [-0.05, 0) is 62.9 Å². The number of rotatable bonds is 1. The number of carboxylic acids is 1. The van der Waals surface area contributed by atoms with Gasteiger partial charge in [-0.15, -0.1) is 0 Å². The molecule has 0 aromatic rings. The average Bonchev–Trinajstić information content (AvgIpc) is 2.64. The number of aliphatic carboxylic acids is 1. The molecule has 3 rings (SSSR count). The van der Waals surface area contributed by atoms with Gasteiger partial charge in [-0.3, -0.25) is 4.79 Å². The second-order valence-corrected chi connectivity index (χ2v) is 6.53. The fraction of sp³-hybridized carbons (Fsp3) is 0.929. The predicted molar refractivity (Wildman–Crippen MR) is 65.8 cm³/mol. The second kappa shape index (κ2) is 3.98. The van der Waals surface area contributed by atoms with E-state index < -0.39 is 5.97 Å². The normalized spacial score (nSPS) is 40.1. The Bertz CT molecular complexity index is 322. The lowest BCUT2D eigenvalue weighted by Gasteiger charge is -2.37. The molecule has 2 aliphatic carbocycles. The molecular weight excluding hydrogens is 214 g/mol. The zero-order chi connectivity index (χ0) is 11.9. The third kappa shape index (κ3) is 1.70. The van der Waals surface area contributed by atoms with Crippen molar-refractivity contribution in [2.75, 3.05) is 13.1 Å². The van der Waals surface area contributed by atoms with Gasteiger partial charge in [0.25, 0.3) is 0 Å². The largest absolute Gasteiger partial charge is 0.481 e. The number of hydrogen-bond donors (Lipinski definition) is 2. The van der Waals surface area contributed by atoms with E-state index in [1.165, 1.54) is 25.7 Å². The number of carboxylic acid groups (broad SMARTS) is 1. The summed E-state index contributed by atoms with van der Waals surface area (Å²) in [5.74, 6) is -0.0375. The maximum absolute atomic E-state index is 11.8. The lowest BCUT2D eigenvalue weighted by molar-refractivity contribution is -0.154. The number of nitrogens with one attached hydrogen (secondary N) is 1. The first kappa shape index (κ1) is 11.5. The molecule has 0 amide bonds. The smallest absolute Gasteiger partial charge is 0.309 e. The quantitative estimate of drug-likeness (QED) is 0.736. The zero-order valence-corrected chi connectivity index (χ0v) is 10.5. The molecule has 2 saturated carbocycles. The van der Waals surface area contributed by atoms with Crippen LogP contribution in [0.4, 0.5) is 0 Å². The van der Waals surface area contributed by atoms with E-state index in [9.17, 15) is 9.90 Å². The fourth-order valence-corrected chi connectivity index (χ4v) is 4.80. The summed E-state index contributed by atoms with van der Waals surface area (Å²) in [7, 11) is 0. The highest BCUT2D eigenvalue weighted by atomic mass is 16.4. The summed E-state index contributed by atoms with van der Waals surface area (Å²) in [6.45, 7) is 2.17. The summed E-state index contributed by atoms with van der Waals surface area (Å²) in [6, 6.07) is 0. The van der Waals surface area contributed by atoms with Crippen LogP contribution in [0, 0.1) is 16.7 Å². The van der Waals surface area contributed by atoms with Gasteiger partial charge in [0, 0.05) is 0 Å². The van der Waals surface area contributed by atoms with Crippen LogP contribution >= 0.6 is 0 Å². The Morgan fingerprint density at radius 3 is 2.59 bits per heavy atom. The molecule has 2 atom stereocenters. The van der Waals surface area contributed by atoms with E-state index in [-0.39, 0.29) is 5.41 Å². The van der Waals surface area contributed by atoms with Gasteiger partial charge in [-0.2, -0.15) is 0 Å². The summed E-state index contributed by atoms with van der Waals surface area (Å²) in [6.07, 6.45) is 8.98. The van der Waals surface area contributed by atoms with Crippen molar-refractivity contribution in [3.63, 3.8) is 0 Å². The molecule has 0 radical (unpaired) electrons. The third-order valence-corrected chi connectivity index (χ3v) is 5.67. The molecule has 1 aliphatic heterocycles.